The van der Waals surface area contributed by atoms with E-state index in [9.17, 15) is 35.1 Å². The zero-order valence-corrected chi connectivity index (χ0v) is 21.1. The number of nitrogens with zero attached hydrogens (tertiary/aromatic N) is 3. The van der Waals surface area contributed by atoms with Gasteiger partial charge in [0.2, 0.25) is 5.75 Å². The number of esters is 1. The van der Waals surface area contributed by atoms with Gasteiger partial charge in [0.05, 0.1) is 32.6 Å². The van der Waals surface area contributed by atoms with E-state index in [4.69, 9.17) is 9.47 Å². The fourth-order valence-electron chi connectivity index (χ4n) is 3.07. The molecule has 0 fully saturated rings. The predicted molar refractivity (Wildman–Crippen MR) is 139 cm³/mol. The number of amides is 1. The molecule has 0 radical (unpaired) electrons. The molecule has 0 heterocycles. The van der Waals surface area contributed by atoms with Crippen LogP contribution in [-0.4, -0.2) is 28.3 Å². The standard InChI is InChI=1S/C25H17BrN4O8/c1-2-37-25(32)16-4-6-18(7-5-16)28-24(31)17(14-27)11-15-3-9-22(20(26)12-15)38-23-10-8-19(29(33)34)13-21(23)30(35)36/h3-13H,2H2,1H3,(H,28,31)/b17-11+. The maximum absolute atomic E-state index is 12.6. The number of rotatable bonds is 9. The van der Waals surface area contributed by atoms with Crippen molar-refractivity contribution in [1.29, 1.82) is 5.26 Å². The van der Waals surface area contributed by atoms with E-state index in [0.29, 0.717) is 21.3 Å². The third kappa shape index (κ3) is 6.77. The van der Waals surface area contributed by atoms with Crippen LogP contribution in [0.15, 0.2) is 70.7 Å². The van der Waals surface area contributed by atoms with Gasteiger partial charge in [-0.1, -0.05) is 6.07 Å². The second-order valence-electron chi connectivity index (χ2n) is 7.38. The Morgan fingerprint density at radius 3 is 2.29 bits per heavy atom. The number of hydrogen-bond donors (Lipinski definition) is 1. The smallest absolute Gasteiger partial charge is 0.338 e. The van der Waals surface area contributed by atoms with Crippen molar-refractivity contribution in [2.75, 3.05) is 11.9 Å². The molecule has 0 aliphatic heterocycles. The predicted octanol–water partition coefficient (Wildman–Crippen LogP) is 5.78. The summed E-state index contributed by atoms with van der Waals surface area (Å²) in [5.41, 5.74) is -0.154. The van der Waals surface area contributed by atoms with Crippen LogP contribution in [0.3, 0.4) is 0 Å². The molecule has 1 N–H and O–H groups in total. The summed E-state index contributed by atoms with van der Waals surface area (Å²) in [7, 11) is 0. The second kappa shape index (κ2) is 12.2. The van der Waals surface area contributed by atoms with Gasteiger partial charge in [-0.05, 0) is 77.0 Å². The summed E-state index contributed by atoms with van der Waals surface area (Å²) in [5.74, 6) is -1.24. The Labute approximate surface area is 223 Å². The molecule has 0 atom stereocenters. The summed E-state index contributed by atoms with van der Waals surface area (Å²) >= 11 is 3.28. The quantitative estimate of drug-likeness (QED) is 0.108. The lowest BCUT2D eigenvalue weighted by molar-refractivity contribution is -0.394. The Morgan fingerprint density at radius 2 is 1.71 bits per heavy atom. The molecule has 0 saturated heterocycles. The van der Waals surface area contributed by atoms with Crippen LogP contribution in [0.4, 0.5) is 17.1 Å². The van der Waals surface area contributed by atoms with Crippen molar-refractivity contribution in [3.8, 4) is 17.6 Å². The van der Waals surface area contributed by atoms with E-state index in [1.54, 1.807) is 6.92 Å². The Hall–Kier alpha value is -5.09. The molecule has 0 unspecified atom stereocenters. The molecule has 3 aromatic carbocycles. The number of nitriles is 1. The van der Waals surface area contributed by atoms with Crippen LogP contribution in [0.25, 0.3) is 6.08 Å². The van der Waals surface area contributed by atoms with Crippen molar-refractivity contribution in [1.82, 2.24) is 0 Å². The van der Waals surface area contributed by atoms with Gasteiger partial charge >= 0.3 is 11.7 Å². The van der Waals surface area contributed by atoms with Crippen LogP contribution in [0.5, 0.6) is 11.5 Å². The maximum atomic E-state index is 12.6. The van der Waals surface area contributed by atoms with Gasteiger partial charge in [-0.2, -0.15) is 5.26 Å². The van der Waals surface area contributed by atoms with E-state index in [-0.39, 0.29) is 23.7 Å². The highest BCUT2D eigenvalue weighted by molar-refractivity contribution is 9.10. The van der Waals surface area contributed by atoms with Crippen molar-refractivity contribution in [2.45, 2.75) is 6.92 Å². The lowest BCUT2D eigenvalue weighted by Crippen LogP contribution is -2.13. The van der Waals surface area contributed by atoms with Gasteiger partial charge in [0.15, 0.2) is 0 Å². The summed E-state index contributed by atoms with van der Waals surface area (Å²) in [5, 5.41) is 34.3. The van der Waals surface area contributed by atoms with Gasteiger partial charge in [0.25, 0.3) is 11.6 Å². The molecule has 0 bridgehead atoms. The van der Waals surface area contributed by atoms with Crippen LogP contribution in [-0.2, 0) is 9.53 Å². The van der Waals surface area contributed by atoms with E-state index in [1.165, 1.54) is 48.5 Å². The lowest BCUT2D eigenvalue weighted by atomic mass is 10.1. The molecule has 3 rings (SSSR count). The fourth-order valence-corrected chi connectivity index (χ4v) is 3.55. The summed E-state index contributed by atoms with van der Waals surface area (Å²) in [6.45, 7) is 1.92. The highest BCUT2D eigenvalue weighted by Crippen LogP contribution is 2.37. The first-order valence-electron chi connectivity index (χ1n) is 10.7. The van der Waals surface area contributed by atoms with Gasteiger partial charge in [-0.25, -0.2) is 4.79 Å². The molecule has 13 heteroatoms. The van der Waals surface area contributed by atoms with E-state index >= 15 is 0 Å². The third-order valence-corrected chi connectivity index (χ3v) is 5.48. The Bertz CT molecular complexity index is 1500. The van der Waals surface area contributed by atoms with Gasteiger partial charge in [-0.3, -0.25) is 25.0 Å². The van der Waals surface area contributed by atoms with Crippen molar-refractivity contribution < 1.29 is 28.9 Å². The molecule has 0 aliphatic rings. The number of anilines is 1. The fraction of sp³-hybridized carbons (Fsp3) is 0.0800. The second-order valence-corrected chi connectivity index (χ2v) is 8.23. The highest BCUT2D eigenvalue weighted by atomic mass is 79.9. The molecule has 0 spiro atoms. The maximum Gasteiger partial charge on any atom is 0.338 e. The molecule has 0 aliphatic carbocycles. The number of nitro benzene ring substituents is 2. The van der Waals surface area contributed by atoms with E-state index in [0.717, 1.165) is 18.2 Å². The summed E-state index contributed by atoms with van der Waals surface area (Å²) in [4.78, 5) is 45.1. The van der Waals surface area contributed by atoms with Gasteiger partial charge < -0.3 is 14.8 Å². The number of non-ortho nitro benzene ring substituents is 1. The first kappa shape index (κ1) is 27.5. The highest BCUT2D eigenvalue weighted by Gasteiger charge is 2.22. The van der Waals surface area contributed by atoms with Crippen LogP contribution < -0.4 is 10.1 Å². The van der Waals surface area contributed by atoms with Crippen molar-refractivity contribution >= 4 is 50.9 Å². The molecule has 0 saturated carbocycles. The number of benzene rings is 3. The van der Waals surface area contributed by atoms with Crippen molar-refractivity contribution in [2.24, 2.45) is 0 Å². The van der Waals surface area contributed by atoms with Crippen LogP contribution in [0.2, 0.25) is 0 Å². The van der Waals surface area contributed by atoms with Crippen LogP contribution in [0.1, 0.15) is 22.8 Å². The third-order valence-electron chi connectivity index (χ3n) is 4.86. The number of nitrogens with one attached hydrogen (secondary N) is 1. The molecular formula is C25H17BrN4O8. The Kier molecular flexibility index (Phi) is 8.86. The summed E-state index contributed by atoms with van der Waals surface area (Å²) in [6, 6.07) is 15.3. The number of halogens is 1. The zero-order valence-electron chi connectivity index (χ0n) is 19.5. The van der Waals surface area contributed by atoms with Crippen molar-refractivity contribution in [3.63, 3.8) is 0 Å². The van der Waals surface area contributed by atoms with E-state index < -0.39 is 33.1 Å². The topological polar surface area (TPSA) is 175 Å². The largest absolute Gasteiger partial charge is 0.462 e. The molecule has 1 amide bonds. The van der Waals surface area contributed by atoms with E-state index in [2.05, 4.69) is 21.2 Å². The van der Waals surface area contributed by atoms with Gasteiger partial charge in [-0.15, -0.1) is 0 Å². The number of hydrogen-bond acceptors (Lipinski definition) is 9. The zero-order chi connectivity index (χ0) is 27.8. The summed E-state index contributed by atoms with van der Waals surface area (Å²) in [6.07, 6.45) is 1.32. The lowest BCUT2D eigenvalue weighted by Gasteiger charge is -2.09. The monoisotopic (exact) mass is 580 g/mol. The molecular weight excluding hydrogens is 564 g/mol. The number of nitro groups is 2. The number of carbonyl (C=O) groups is 2. The SMILES string of the molecule is CCOC(=O)c1ccc(NC(=O)/C(C#N)=C/c2ccc(Oc3ccc([N+](=O)[O-])cc3[N+](=O)[O-])c(Br)c2)cc1. The molecule has 0 aromatic heterocycles. The molecule has 38 heavy (non-hydrogen) atoms. The Balaban J connectivity index is 1.77. The van der Waals surface area contributed by atoms with E-state index in [1.807, 2.05) is 6.07 Å². The number of carbonyl (C=O) groups excluding carboxylic acids is 2. The van der Waals surface area contributed by atoms with Crippen molar-refractivity contribution in [3.05, 3.63) is 102 Å². The normalized spacial score (nSPS) is 10.7. The first-order chi connectivity index (χ1) is 18.1. The van der Waals surface area contributed by atoms with Crippen LogP contribution in [0, 0.1) is 31.6 Å². The minimum absolute atomic E-state index is 0.156. The first-order valence-corrected chi connectivity index (χ1v) is 11.5. The molecule has 3 aromatic rings. The Morgan fingerprint density at radius 1 is 1.03 bits per heavy atom. The molecule has 12 nitrogen and oxygen atoms in total. The average molecular weight is 581 g/mol. The minimum atomic E-state index is -0.796. The van der Waals surface area contributed by atoms with Gasteiger partial charge in [0.1, 0.15) is 17.4 Å². The van der Waals surface area contributed by atoms with Crippen LogP contribution >= 0.6 is 15.9 Å². The average Bonchev–Trinajstić information content (AvgIpc) is 2.89. The van der Waals surface area contributed by atoms with Gasteiger partial charge in [0, 0.05) is 11.8 Å². The number of ether oxygens (including phenoxy) is 2. The molecule has 192 valence electrons. The summed E-state index contributed by atoms with van der Waals surface area (Å²) < 4.78 is 10.8. The minimum Gasteiger partial charge on any atom is -0.462 e.